The number of esters is 1. The summed E-state index contributed by atoms with van der Waals surface area (Å²) >= 11 is 0. The van der Waals surface area contributed by atoms with Crippen LogP contribution in [0.5, 0.6) is 5.75 Å². The van der Waals surface area contributed by atoms with Gasteiger partial charge in [-0.3, -0.25) is 4.79 Å². The lowest BCUT2D eigenvalue weighted by molar-refractivity contribution is -0.133. The molecule has 0 fully saturated rings. The van der Waals surface area contributed by atoms with Gasteiger partial charge in [0, 0.05) is 6.42 Å². The normalized spacial score (nSPS) is 9.18. The second-order valence-electron chi connectivity index (χ2n) is 2.04. The zero-order valence-electron chi connectivity index (χ0n) is 6.12. The Morgan fingerprint density at radius 3 is 2.55 bits per heavy atom. The molecule has 0 saturated carbocycles. The summed E-state index contributed by atoms with van der Waals surface area (Å²) in [6, 6.07) is 8.94. The third-order valence-corrected chi connectivity index (χ3v) is 1.18. The maximum absolute atomic E-state index is 10.7. The molecule has 57 valence electrons. The van der Waals surface area contributed by atoms with Gasteiger partial charge in [0.05, 0.1) is 0 Å². The molecule has 1 rings (SSSR count). The maximum Gasteiger partial charge on any atom is 0.311 e. The number of rotatable bonds is 2. The van der Waals surface area contributed by atoms with Crippen molar-refractivity contribution in [3.05, 3.63) is 37.3 Å². The van der Waals surface area contributed by atoms with Crippen molar-refractivity contribution in [3.8, 4) is 5.75 Å². The highest BCUT2D eigenvalue weighted by molar-refractivity contribution is 5.72. The molecular weight excluding hydrogens is 140 g/mol. The van der Waals surface area contributed by atoms with Crippen LogP contribution in [0.15, 0.2) is 30.3 Å². The van der Waals surface area contributed by atoms with Crippen LogP contribution in [-0.2, 0) is 4.79 Å². The topological polar surface area (TPSA) is 26.3 Å². The number of ether oxygens (including phenoxy) is 1. The molecule has 0 bridgehead atoms. The summed E-state index contributed by atoms with van der Waals surface area (Å²) in [6.45, 7) is 3.41. The summed E-state index contributed by atoms with van der Waals surface area (Å²) < 4.78 is 4.86. The second kappa shape index (κ2) is 3.76. The van der Waals surface area contributed by atoms with Crippen molar-refractivity contribution in [2.75, 3.05) is 0 Å². The van der Waals surface area contributed by atoms with E-state index in [1.807, 2.05) is 18.2 Å². The van der Waals surface area contributed by atoms with Gasteiger partial charge in [-0.05, 0) is 19.1 Å². The molecule has 2 nitrogen and oxygen atoms in total. The summed E-state index contributed by atoms with van der Waals surface area (Å²) in [7, 11) is 0. The highest BCUT2D eigenvalue weighted by Crippen LogP contribution is 2.08. The van der Waals surface area contributed by atoms with Gasteiger partial charge in [0.1, 0.15) is 5.75 Å². The number of carbonyl (C=O) groups is 1. The molecule has 0 aliphatic heterocycles. The Kier molecular flexibility index (Phi) is 2.66. The molecule has 0 spiro atoms. The Morgan fingerprint density at radius 1 is 1.36 bits per heavy atom. The van der Waals surface area contributed by atoms with Crippen LogP contribution in [0.2, 0.25) is 0 Å². The van der Waals surface area contributed by atoms with E-state index in [2.05, 4.69) is 6.92 Å². The summed E-state index contributed by atoms with van der Waals surface area (Å²) in [4.78, 5) is 10.7. The first-order valence-electron chi connectivity index (χ1n) is 3.38. The summed E-state index contributed by atoms with van der Waals surface area (Å²) in [5.41, 5.74) is 0. The summed E-state index contributed by atoms with van der Waals surface area (Å²) in [6.07, 6.45) is 0.162. The molecule has 11 heavy (non-hydrogen) atoms. The van der Waals surface area contributed by atoms with E-state index >= 15 is 0 Å². The van der Waals surface area contributed by atoms with E-state index in [1.165, 1.54) is 0 Å². The molecule has 1 aromatic carbocycles. The van der Waals surface area contributed by atoms with Gasteiger partial charge in [-0.15, -0.1) is 0 Å². The third kappa shape index (κ3) is 2.42. The first kappa shape index (κ1) is 7.79. The van der Waals surface area contributed by atoms with Gasteiger partial charge in [-0.25, -0.2) is 0 Å². The first-order chi connectivity index (χ1) is 5.33. The molecule has 1 radical (unpaired) electrons. The Morgan fingerprint density at radius 2 is 2.00 bits per heavy atom. The highest BCUT2D eigenvalue weighted by Gasteiger charge is 1.98. The van der Waals surface area contributed by atoms with Gasteiger partial charge in [0.2, 0.25) is 0 Å². The van der Waals surface area contributed by atoms with E-state index in [4.69, 9.17) is 4.74 Å². The molecular formula is C9H9O2. The highest BCUT2D eigenvalue weighted by atomic mass is 16.5. The van der Waals surface area contributed by atoms with E-state index in [0.717, 1.165) is 0 Å². The van der Waals surface area contributed by atoms with E-state index in [1.54, 1.807) is 12.1 Å². The predicted molar refractivity (Wildman–Crippen MR) is 42.1 cm³/mol. The molecule has 2 heteroatoms. The van der Waals surface area contributed by atoms with Crippen molar-refractivity contribution in [2.24, 2.45) is 0 Å². The number of hydrogen-bond acceptors (Lipinski definition) is 2. The lowest BCUT2D eigenvalue weighted by Gasteiger charge is -1.99. The van der Waals surface area contributed by atoms with Gasteiger partial charge >= 0.3 is 5.97 Å². The Labute approximate surface area is 65.8 Å². The molecule has 0 N–H and O–H groups in total. The van der Waals surface area contributed by atoms with Gasteiger partial charge in [0.15, 0.2) is 0 Å². The van der Waals surface area contributed by atoms with Crippen LogP contribution in [0, 0.1) is 6.92 Å². The van der Waals surface area contributed by atoms with Crippen LogP contribution < -0.4 is 4.74 Å². The standard InChI is InChI=1S/C9H9O2/c1-2-9(10)11-8-6-4-3-5-7-8/h3-7H,1-2H2. The molecule has 0 unspecified atom stereocenters. The zero-order chi connectivity index (χ0) is 8.10. The Balaban J connectivity index is 2.58. The fourth-order valence-corrected chi connectivity index (χ4v) is 0.671. The zero-order valence-corrected chi connectivity index (χ0v) is 6.12. The number of para-hydroxylation sites is 1. The van der Waals surface area contributed by atoms with Crippen LogP contribution >= 0.6 is 0 Å². The largest absolute Gasteiger partial charge is 0.427 e. The van der Waals surface area contributed by atoms with E-state index in [9.17, 15) is 4.79 Å². The summed E-state index contributed by atoms with van der Waals surface area (Å²) in [5, 5.41) is 0. The van der Waals surface area contributed by atoms with Crippen molar-refractivity contribution in [1.29, 1.82) is 0 Å². The monoisotopic (exact) mass is 149 g/mol. The van der Waals surface area contributed by atoms with Gasteiger partial charge in [-0.2, -0.15) is 0 Å². The summed E-state index contributed by atoms with van der Waals surface area (Å²) in [5.74, 6) is 0.261. The molecule has 0 saturated heterocycles. The lowest BCUT2D eigenvalue weighted by Crippen LogP contribution is -2.05. The maximum atomic E-state index is 10.7. The average molecular weight is 149 g/mol. The van der Waals surface area contributed by atoms with E-state index in [0.29, 0.717) is 5.75 Å². The second-order valence-corrected chi connectivity index (χ2v) is 2.04. The van der Waals surface area contributed by atoms with E-state index in [-0.39, 0.29) is 12.4 Å². The minimum atomic E-state index is -0.309. The molecule has 0 aliphatic rings. The molecule has 0 heterocycles. The fourth-order valence-electron chi connectivity index (χ4n) is 0.671. The van der Waals surface area contributed by atoms with Crippen LogP contribution in [0.3, 0.4) is 0 Å². The van der Waals surface area contributed by atoms with Gasteiger partial charge < -0.3 is 4.74 Å². The lowest BCUT2D eigenvalue weighted by atomic mass is 10.3. The minimum Gasteiger partial charge on any atom is -0.427 e. The first-order valence-corrected chi connectivity index (χ1v) is 3.38. The smallest absolute Gasteiger partial charge is 0.311 e. The molecule has 0 atom stereocenters. The molecule has 0 aromatic heterocycles. The van der Waals surface area contributed by atoms with Crippen LogP contribution in [0.4, 0.5) is 0 Å². The Hall–Kier alpha value is -1.31. The number of carbonyl (C=O) groups excluding carboxylic acids is 1. The van der Waals surface area contributed by atoms with Crippen LogP contribution in [0.25, 0.3) is 0 Å². The van der Waals surface area contributed by atoms with Crippen LogP contribution in [0.1, 0.15) is 6.42 Å². The average Bonchev–Trinajstić information content (AvgIpc) is 2.06. The molecule has 0 aliphatic carbocycles. The SMILES string of the molecule is [CH2]CC(=O)Oc1ccccc1. The molecule has 0 amide bonds. The van der Waals surface area contributed by atoms with Crippen molar-refractivity contribution >= 4 is 5.97 Å². The van der Waals surface area contributed by atoms with Crippen molar-refractivity contribution in [1.82, 2.24) is 0 Å². The molecule has 1 aromatic rings. The van der Waals surface area contributed by atoms with Crippen molar-refractivity contribution < 1.29 is 9.53 Å². The van der Waals surface area contributed by atoms with E-state index < -0.39 is 0 Å². The van der Waals surface area contributed by atoms with Crippen molar-refractivity contribution in [3.63, 3.8) is 0 Å². The quantitative estimate of drug-likeness (QED) is 0.473. The van der Waals surface area contributed by atoms with Crippen molar-refractivity contribution in [2.45, 2.75) is 6.42 Å². The van der Waals surface area contributed by atoms with Crippen LogP contribution in [-0.4, -0.2) is 5.97 Å². The third-order valence-electron chi connectivity index (χ3n) is 1.18. The van der Waals surface area contributed by atoms with Gasteiger partial charge in [0.25, 0.3) is 0 Å². The minimum absolute atomic E-state index is 0.162. The Bertz CT molecular complexity index is 229. The number of hydrogen-bond donors (Lipinski definition) is 0. The van der Waals surface area contributed by atoms with Gasteiger partial charge in [-0.1, -0.05) is 18.2 Å². The fraction of sp³-hybridized carbons (Fsp3) is 0.111. The predicted octanol–water partition coefficient (Wildman–Crippen LogP) is 1.82. The number of benzene rings is 1.